The molecule has 0 aliphatic rings. The van der Waals surface area contributed by atoms with Gasteiger partial charge in [0, 0.05) is 27.7 Å². The van der Waals surface area contributed by atoms with Crippen LogP contribution >= 0.6 is 0 Å². The normalized spacial score (nSPS) is 11.2. The topological polar surface area (TPSA) is 53.5 Å². The maximum absolute atomic E-state index is 6.98. The smallest absolute Gasteiger partial charge is 0.577 e. The molecule has 0 aliphatic carbocycles. The first-order chi connectivity index (χ1) is 24.4. The van der Waals surface area contributed by atoms with Gasteiger partial charge in [0.1, 0.15) is 22.5 Å². The molecule has 0 unspecified atom stereocenters. The SMILES string of the molecule is Cc1cccc(-c2ccc3c(-c4cccc(C)c4)c([O][Al]([O]c4cccc5ccc(C)nc45)[O]c4cccc5ccc(C)nc45)ccc3c2)c1. The van der Waals surface area contributed by atoms with Crippen molar-refractivity contribution >= 4 is 47.7 Å². The predicted molar refractivity (Wildman–Crippen MR) is 205 cm³/mol. The second kappa shape index (κ2) is 13.3. The Morgan fingerprint density at radius 2 is 0.940 bits per heavy atom. The summed E-state index contributed by atoms with van der Waals surface area (Å²) in [7, 11) is 0. The zero-order chi connectivity index (χ0) is 34.2. The van der Waals surface area contributed by atoms with E-state index in [2.05, 4.69) is 98.8 Å². The third-order valence-corrected chi connectivity index (χ3v) is 10.3. The minimum Gasteiger partial charge on any atom is -0.577 e. The Kier molecular flexibility index (Phi) is 8.42. The van der Waals surface area contributed by atoms with Gasteiger partial charge in [0.05, 0.1) is 5.75 Å². The molecule has 0 saturated carbocycles. The molecule has 2 heterocycles. The molecule has 0 saturated heterocycles. The zero-order valence-electron chi connectivity index (χ0n) is 28.5. The van der Waals surface area contributed by atoms with Gasteiger partial charge in [0.2, 0.25) is 0 Å². The van der Waals surface area contributed by atoms with Gasteiger partial charge in [-0.15, -0.1) is 0 Å². The van der Waals surface area contributed by atoms with Crippen molar-refractivity contribution in [2.24, 2.45) is 0 Å². The van der Waals surface area contributed by atoms with Crippen molar-refractivity contribution in [3.05, 3.63) is 162 Å². The Morgan fingerprint density at radius 1 is 0.420 bits per heavy atom. The summed E-state index contributed by atoms with van der Waals surface area (Å²) >= 11 is -3.05. The van der Waals surface area contributed by atoms with Crippen molar-refractivity contribution in [1.82, 2.24) is 9.97 Å². The maximum atomic E-state index is 6.98. The minimum absolute atomic E-state index is 0.618. The Balaban J connectivity index is 1.27. The van der Waals surface area contributed by atoms with E-state index in [9.17, 15) is 0 Å². The third-order valence-electron chi connectivity index (χ3n) is 8.95. The molecule has 8 rings (SSSR count). The number of hydrogen-bond acceptors (Lipinski definition) is 5. The summed E-state index contributed by atoms with van der Waals surface area (Å²) in [5, 5.41) is 4.18. The number of aryl methyl sites for hydroxylation is 4. The third kappa shape index (κ3) is 6.40. The molecule has 6 aromatic carbocycles. The molecule has 50 heavy (non-hydrogen) atoms. The summed E-state index contributed by atoms with van der Waals surface area (Å²) in [6.45, 7) is 8.20. The summed E-state index contributed by atoms with van der Waals surface area (Å²) < 4.78 is 20.6. The van der Waals surface area contributed by atoms with E-state index in [-0.39, 0.29) is 0 Å². The fourth-order valence-electron chi connectivity index (χ4n) is 6.52. The number of nitrogens with zero attached hydrogens (tertiary/aromatic N) is 2. The molecular weight excluding hydrogens is 631 g/mol. The quantitative estimate of drug-likeness (QED) is 0.151. The number of hydrogen-bond donors (Lipinski definition) is 0. The molecule has 0 fully saturated rings. The van der Waals surface area contributed by atoms with E-state index >= 15 is 0 Å². The number of fused-ring (bicyclic) bond motifs is 3. The Bertz CT molecular complexity index is 2460. The number of pyridine rings is 2. The lowest BCUT2D eigenvalue weighted by Gasteiger charge is -2.21. The van der Waals surface area contributed by atoms with Crippen LogP contribution in [0.25, 0.3) is 54.8 Å². The highest BCUT2D eigenvalue weighted by molar-refractivity contribution is 6.40. The summed E-state index contributed by atoms with van der Waals surface area (Å²) in [6, 6.07) is 48.0. The van der Waals surface area contributed by atoms with Crippen LogP contribution in [0.1, 0.15) is 22.5 Å². The van der Waals surface area contributed by atoms with Crippen LogP contribution in [0.15, 0.2) is 140 Å². The number of aromatic nitrogens is 2. The lowest BCUT2D eigenvalue weighted by molar-refractivity contribution is 0.310. The van der Waals surface area contributed by atoms with Crippen LogP contribution in [0.5, 0.6) is 17.2 Å². The van der Waals surface area contributed by atoms with Gasteiger partial charge in [0.15, 0.2) is 0 Å². The highest BCUT2D eigenvalue weighted by atomic mass is 27.3. The van der Waals surface area contributed by atoms with Gasteiger partial charge in [-0.25, -0.2) is 9.97 Å². The summed E-state index contributed by atoms with van der Waals surface area (Å²) in [5.74, 6) is 1.93. The predicted octanol–water partition coefficient (Wildman–Crippen LogP) is 11.0. The summed E-state index contributed by atoms with van der Waals surface area (Å²) in [5.41, 5.74) is 10.2. The minimum atomic E-state index is -3.05. The van der Waals surface area contributed by atoms with E-state index in [4.69, 9.17) is 21.3 Å². The largest absolute Gasteiger partial charge is 1.20 e. The van der Waals surface area contributed by atoms with E-state index in [1.54, 1.807) is 0 Å². The highest BCUT2D eigenvalue weighted by Crippen LogP contribution is 2.40. The molecule has 6 heteroatoms. The monoisotopic (exact) mass is 666 g/mol. The van der Waals surface area contributed by atoms with E-state index < -0.39 is 15.1 Å². The van der Waals surface area contributed by atoms with Crippen molar-refractivity contribution in [3.8, 4) is 39.5 Å². The highest BCUT2D eigenvalue weighted by Gasteiger charge is 2.46. The van der Waals surface area contributed by atoms with Gasteiger partial charge in [-0.3, -0.25) is 0 Å². The molecule has 0 spiro atoms. The van der Waals surface area contributed by atoms with Crippen LogP contribution in [0.2, 0.25) is 0 Å². The summed E-state index contributed by atoms with van der Waals surface area (Å²) in [4.78, 5) is 9.66. The van der Waals surface area contributed by atoms with E-state index in [1.165, 1.54) is 16.7 Å². The van der Waals surface area contributed by atoms with Crippen molar-refractivity contribution in [2.45, 2.75) is 27.7 Å². The fourth-order valence-corrected chi connectivity index (χ4v) is 7.86. The molecule has 5 nitrogen and oxygen atoms in total. The molecule has 0 atom stereocenters. The van der Waals surface area contributed by atoms with Crippen LogP contribution in [0.3, 0.4) is 0 Å². The van der Waals surface area contributed by atoms with Crippen LogP contribution < -0.4 is 11.4 Å². The first-order valence-electron chi connectivity index (χ1n) is 16.8. The second-order valence-electron chi connectivity index (χ2n) is 12.8. The van der Waals surface area contributed by atoms with Gasteiger partial charge in [-0.2, -0.15) is 0 Å². The van der Waals surface area contributed by atoms with Gasteiger partial charge in [0.25, 0.3) is 0 Å². The van der Waals surface area contributed by atoms with Gasteiger partial charge >= 0.3 is 15.1 Å². The lowest BCUT2D eigenvalue weighted by atomic mass is 9.93. The van der Waals surface area contributed by atoms with Crippen molar-refractivity contribution < 1.29 is 11.4 Å². The van der Waals surface area contributed by atoms with Crippen molar-refractivity contribution in [3.63, 3.8) is 0 Å². The van der Waals surface area contributed by atoms with Crippen LogP contribution in [0, 0.1) is 27.7 Å². The zero-order valence-corrected chi connectivity index (χ0v) is 29.6. The van der Waals surface area contributed by atoms with Gasteiger partial charge in [-0.1, -0.05) is 114 Å². The number of benzene rings is 6. The standard InChI is InChI=1S/C24H20O.2C10H9NO.Al/c1-16-5-3-7-18(13-16)19-9-11-22-20(15-19)10-12-23(25)24(22)21-8-4-6-17(2)14-21;2*1-7-5-6-8-3-2-4-9(12)10(8)11-7;/h3-15,25H,1-2H3;2*2-6,12H,1H3;/q;;;+3/p-3. The molecule has 0 N–H and O–H groups in total. The van der Waals surface area contributed by atoms with E-state index in [1.807, 2.05) is 68.4 Å². The number of rotatable bonds is 8. The fraction of sp³-hybridized carbons (Fsp3) is 0.0909. The first kappa shape index (κ1) is 31.6. The molecule has 0 bridgehead atoms. The van der Waals surface area contributed by atoms with Crippen molar-refractivity contribution in [1.29, 1.82) is 0 Å². The van der Waals surface area contributed by atoms with Crippen LogP contribution in [-0.4, -0.2) is 25.1 Å². The first-order valence-corrected chi connectivity index (χ1v) is 18.2. The van der Waals surface area contributed by atoms with Gasteiger partial charge < -0.3 is 11.4 Å². The summed E-state index contributed by atoms with van der Waals surface area (Å²) in [6.07, 6.45) is 0. The molecule has 0 amide bonds. The molecule has 8 aromatic rings. The molecule has 242 valence electrons. The average molecular weight is 667 g/mol. The van der Waals surface area contributed by atoms with Crippen LogP contribution in [-0.2, 0) is 0 Å². The Morgan fingerprint density at radius 3 is 1.56 bits per heavy atom. The maximum Gasteiger partial charge on any atom is 1.20 e. The second-order valence-corrected chi connectivity index (χ2v) is 14.1. The number of para-hydroxylation sites is 2. The molecule has 0 aliphatic heterocycles. The lowest BCUT2D eigenvalue weighted by Crippen LogP contribution is -2.37. The Hall–Kier alpha value is -5.67. The Labute approximate surface area is 297 Å². The molecule has 0 radical (unpaired) electrons. The van der Waals surface area contributed by atoms with Crippen molar-refractivity contribution in [2.75, 3.05) is 0 Å². The molecule has 2 aromatic heterocycles. The van der Waals surface area contributed by atoms with Crippen LogP contribution in [0.4, 0.5) is 0 Å². The van der Waals surface area contributed by atoms with E-state index in [0.717, 1.165) is 60.7 Å². The van der Waals surface area contributed by atoms with Gasteiger partial charge in [-0.05, 0) is 91.6 Å². The molecular formula is C44H35AlN2O3. The average Bonchev–Trinajstić information content (AvgIpc) is 3.12. The van der Waals surface area contributed by atoms with E-state index in [0.29, 0.717) is 17.2 Å².